The van der Waals surface area contributed by atoms with Crippen molar-refractivity contribution in [1.82, 2.24) is 24.6 Å². The van der Waals surface area contributed by atoms with E-state index in [1.807, 2.05) is 58.1 Å². The average molecular weight is 418 g/mol. The molecule has 0 fully saturated rings. The van der Waals surface area contributed by atoms with Gasteiger partial charge in [0.1, 0.15) is 5.69 Å². The Kier molecular flexibility index (Phi) is 4.85. The van der Waals surface area contributed by atoms with Crippen molar-refractivity contribution in [1.29, 1.82) is 0 Å². The largest absolute Gasteiger partial charge is 0.337 e. The summed E-state index contributed by atoms with van der Waals surface area (Å²) in [5.74, 6) is -0.0165. The second-order valence-corrected chi connectivity index (χ2v) is 7.77. The number of rotatable bonds is 6. The fraction of sp³-hybridized carbons (Fsp3) is 0.174. The van der Waals surface area contributed by atoms with Gasteiger partial charge < -0.3 is 9.47 Å². The Labute approximate surface area is 179 Å². The summed E-state index contributed by atoms with van der Waals surface area (Å²) < 4.78 is 2.03. The van der Waals surface area contributed by atoms with Crippen molar-refractivity contribution < 1.29 is 4.79 Å². The third kappa shape index (κ3) is 3.29. The maximum absolute atomic E-state index is 13.3. The molecule has 3 heterocycles. The Hall–Kier alpha value is -3.38. The maximum Gasteiger partial charge on any atom is 0.273 e. The van der Waals surface area contributed by atoms with Gasteiger partial charge in [0.15, 0.2) is 0 Å². The molecule has 2 aromatic heterocycles. The number of fused-ring (bicyclic) bond motifs is 1. The van der Waals surface area contributed by atoms with Gasteiger partial charge >= 0.3 is 0 Å². The Morgan fingerprint density at radius 3 is 2.57 bits per heavy atom. The van der Waals surface area contributed by atoms with E-state index in [0.29, 0.717) is 17.3 Å². The second-order valence-electron chi connectivity index (χ2n) is 7.33. The predicted molar refractivity (Wildman–Crippen MR) is 115 cm³/mol. The molecule has 0 aliphatic carbocycles. The first-order valence-electron chi connectivity index (χ1n) is 9.88. The lowest BCUT2D eigenvalue weighted by Crippen LogP contribution is -2.31. The molecular formula is C23H20ClN5O. The number of aryl methyl sites for hydroxylation is 1. The second kappa shape index (κ2) is 7.80. The van der Waals surface area contributed by atoms with E-state index in [4.69, 9.17) is 11.6 Å². The molecule has 150 valence electrons. The molecule has 6 nitrogen and oxygen atoms in total. The number of H-pyrrole nitrogens is 1. The number of imidazole rings is 1. The van der Waals surface area contributed by atoms with Crippen LogP contribution in [0.5, 0.6) is 0 Å². The Balaban J connectivity index is 1.51. The van der Waals surface area contributed by atoms with Crippen LogP contribution in [0.1, 0.15) is 34.1 Å². The number of hydrogen-bond donors (Lipinski definition) is 1. The van der Waals surface area contributed by atoms with Crippen molar-refractivity contribution in [3.8, 4) is 11.3 Å². The number of amides is 1. The summed E-state index contributed by atoms with van der Waals surface area (Å²) in [6.07, 6.45) is 6.33. The minimum atomic E-state index is -0.180. The van der Waals surface area contributed by atoms with Crippen LogP contribution in [-0.2, 0) is 6.54 Å². The van der Waals surface area contributed by atoms with Crippen LogP contribution in [0.15, 0.2) is 73.3 Å². The molecule has 4 aromatic rings. The van der Waals surface area contributed by atoms with Crippen molar-refractivity contribution in [3.63, 3.8) is 0 Å². The molecule has 1 N–H and O–H groups in total. The zero-order valence-corrected chi connectivity index (χ0v) is 17.0. The Bertz CT molecular complexity index is 1150. The van der Waals surface area contributed by atoms with E-state index in [1.165, 1.54) is 0 Å². The number of carbonyl (C=O) groups is 1. The summed E-state index contributed by atoms with van der Waals surface area (Å²) in [7, 11) is 0. The quantitative estimate of drug-likeness (QED) is 0.500. The van der Waals surface area contributed by atoms with E-state index < -0.39 is 0 Å². The topological polar surface area (TPSA) is 66.8 Å². The number of hydrogen-bond acceptors (Lipinski definition) is 3. The van der Waals surface area contributed by atoms with E-state index in [2.05, 4.69) is 27.3 Å². The van der Waals surface area contributed by atoms with Gasteiger partial charge in [-0.05, 0) is 24.1 Å². The van der Waals surface area contributed by atoms with E-state index in [-0.39, 0.29) is 11.9 Å². The molecule has 0 bridgehead atoms. The average Bonchev–Trinajstić information content (AvgIpc) is 3.49. The molecule has 5 rings (SSSR count). The minimum Gasteiger partial charge on any atom is -0.337 e. The molecular weight excluding hydrogens is 398 g/mol. The molecule has 0 spiro atoms. The lowest BCUT2D eigenvalue weighted by atomic mass is 9.96. The van der Waals surface area contributed by atoms with E-state index in [0.717, 1.165) is 35.3 Å². The number of aromatic nitrogens is 4. The van der Waals surface area contributed by atoms with Gasteiger partial charge in [0.2, 0.25) is 0 Å². The van der Waals surface area contributed by atoms with Gasteiger partial charge in [-0.1, -0.05) is 54.1 Å². The smallest absolute Gasteiger partial charge is 0.273 e. The van der Waals surface area contributed by atoms with Gasteiger partial charge in [0.25, 0.3) is 5.91 Å². The van der Waals surface area contributed by atoms with Crippen LogP contribution in [0.4, 0.5) is 0 Å². The van der Waals surface area contributed by atoms with Crippen LogP contribution in [0.2, 0.25) is 5.02 Å². The molecule has 0 saturated heterocycles. The summed E-state index contributed by atoms with van der Waals surface area (Å²) in [5.41, 5.74) is 4.29. The number of halogens is 1. The standard InChI is InChI=1S/C23H20ClN5O/c24-18-9-7-16(8-10-18)20-19-21(27-26-20)23(30)29(13-4-12-28-14-11-25-15-28)22(19)17-5-2-1-3-6-17/h1-3,5-11,14-15,22H,4,12-13H2,(H,26,27). The van der Waals surface area contributed by atoms with E-state index in [9.17, 15) is 4.79 Å². The minimum absolute atomic E-state index is 0.0165. The highest BCUT2D eigenvalue weighted by atomic mass is 35.5. The first kappa shape index (κ1) is 18.6. The van der Waals surface area contributed by atoms with Crippen LogP contribution in [-0.4, -0.2) is 37.1 Å². The van der Waals surface area contributed by atoms with Crippen LogP contribution in [0.3, 0.4) is 0 Å². The molecule has 2 aromatic carbocycles. The van der Waals surface area contributed by atoms with Crippen molar-refractivity contribution in [2.75, 3.05) is 6.54 Å². The molecule has 30 heavy (non-hydrogen) atoms. The Morgan fingerprint density at radius 2 is 1.83 bits per heavy atom. The van der Waals surface area contributed by atoms with Crippen molar-refractivity contribution in [2.24, 2.45) is 0 Å². The monoisotopic (exact) mass is 417 g/mol. The third-order valence-corrected chi connectivity index (χ3v) is 5.72. The van der Waals surface area contributed by atoms with Crippen LogP contribution in [0, 0.1) is 0 Å². The number of aromatic amines is 1. The zero-order valence-electron chi connectivity index (χ0n) is 16.2. The highest BCUT2D eigenvalue weighted by Gasteiger charge is 2.41. The summed E-state index contributed by atoms with van der Waals surface area (Å²) in [5, 5.41) is 8.15. The molecule has 1 amide bonds. The normalized spacial score (nSPS) is 15.6. The molecule has 1 unspecified atom stereocenters. The fourth-order valence-corrected chi connectivity index (χ4v) is 4.21. The van der Waals surface area contributed by atoms with Crippen LogP contribution >= 0.6 is 11.6 Å². The number of nitrogens with one attached hydrogen (secondary N) is 1. The SMILES string of the molecule is O=C1c2[nH]nc(-c3ccc(Cl)cc3)c2C(c2ccccc2)N1CCCn1ccnc1. The maximum atomic E-state index is 13.3. The zero-order chi connectivity index (χ0) is 20.5. The lowest BCUT2D eigenvalue weighted by molar-refractivity contribution is 0.0739. The predicted octanol–water partition coefficient (Wildman–Crippen LogP) is 4.56. The van der Waals surface area contributed by atoms with E-state index >= 15 is 0 Å². The molecule has 1 aliphatic heterocycles. The number of carbonyl (C=O) groups excluding carboxylic acids is 1. The van der Waals surface area contributed by atoms with Crippen LogP contribution in [0.25, 0.3) is 11.3 Å². The van der Waals surface area contributed by atoms with Gasteiger partial charge in [0.05, 0.1) is 18.1 Å². The first-order valence-corrected chi connectivity index (χ1v) is 10.3. The van der Waals surface area contributed by atoms with Crippen molar-refractivity contribution >= 4 is 17.5 Å². The summed E-state index contributed by atoms with van der Waals surface area (Å²) >= 11 is 6.06. The van der Waals surface area contributed by atoms with Gasteiger partial charge in [-0.25, -0.2) is 4.98 Å². The van der Waals surface area contributed by atoms with Crippen molar-refractivity contribution in [3.05, 3.63) is 95.2 Å². The third-order valence-electron chi connectivity index (χ3n) is 5.47. The summed E-state index contributed by atoms with van der Waals surface area (Å²) in [6.45, 7) is 1.45. The molecule has 0 radical (unpaired) electrons. The molecule has 1 aliphatic rings. The Morgan fingerprint density at radius 1 is 1.03 bits per heavy atom. The van der Waals surface area contributed by atoms with E-state index in [1.54, 1.807) is 12.5 Å². The van der Waals surface area contributed by atoms with Crippen LogP contribution < -0.4 is 0 Å². The first-order chi connectivity index (χ1) is 14.7. The summed E-state index contributed by atoms with van der Waals surface area (Å²) in [6, 6.07) is 17.5. The van der Waals surface area contributed by atoms with Gasteiger partial charge in [-0.15, -0.1) is 0 Å². The number of benzene rings is 2. The molecule has 0 saturated carbocycles. The highest BCUT2D eigenvalue weighted by Crippen LogP contribution is 2.42. The summed E-state index contributed by atoms with van der Waals surface area (Å²) in [4.78, 5) is 19.3. The van der Waals surface area contributed by atoms with Crippen molar-refractivity contribution in [2.45, 2.75) is 19.0 Å². The van der Waals surface area contributed by atoms with Gasteiger partial charge in [-0.2, -0.15) is 5.10 Å². The molecule has 1 atom stereocenters. The highest BCUT2D eigenvalue weighted by molar-refractivity contribution is 6.30. The number of nitrogens with zero attached hydrogens (tertiary/aromatic N) is 4. The fourth-order valence-electron chi connectivity index (χ4n) is 4.08. The molecule has 7 heteroatoms. The lowest BCUT2D eigenvalue weighted by Gasteiger charge is -2.26. The van der Waals surface area contributed by atoms with Gasteiger partial charge in [-0.3, -0.25) is 9.89 Å². The van der Waals surface area contributed by atoms with Gasteiger partial charge in [0, 0.05) is 41.6 Å².